The van der Waals surface area contributed by atoms with Crippen LogP contribution in [0.1, 0.15) is 110 Å². The van der Waals surface area contributed by atoms with Crippen LogP contribution < -0.4 is 0 Å². The highest BCUT2D eigenvalue weighted by Crippen LogP contribution is 2.36. The predicted octanol–water partition coefficient (Wildman–Crippen LogP) is 7.04. The second kappa shape index (κ2) is 11.6. The minimum atomic E-state index is -1.85. The van der Waals surface area contributed by atoms with Crippen LogP contribution in [0.5, 0.6) is 0 Å². The molecule has 0 aromatic heterocycles. The van der Waals surface area contributed by atoms with Gasteiger partial charge in [0.1, 0.15) is 0 Å². The Labute approximate surface area is 189 Å². The van der Waals surface area contributed by atoms with E-state index in [1.165, 1.54) is 32.1 Å². The third-order valence-electron chi connectivity index (χ3n) is 5.75. The highest BCUT2D eigenvalue weighted by Gasteiger charge is 2.39. The largest absolute Gasteiger partial charge is 0.479 e. The van der Waals surface area contributed by atoms with Gasteiger partial charge in [0, 0.05) is 6.42 Å². The summed E-state index contributed by atoms with van der Waals surface area (Å²) in [4.78, 5) is 12.2. The number of carboxylic acids is 1. The van der Waals surface area contributed by atoms with Crippen LogP contribution in [-0.4, -0.2) is 27.7 Å². The normalized spacial score (nSPS) is 14.5. The molecule has 1 aromatic rings. The van der Waals surface area contributed by atoms with Crippen molar-refractivity contribution < 1.29 is 15.0 Å². The van der Waals surface area contributed by atoms with E-state index in [0.29, 0.717) is 11.3 Å². The van der Waals surface area contributed by atoms with Gasteiger partial charge >= 0.3 is 5.97 Å². The first kappa shape index (κ1) is 27.0. The van der Waals surface area contributed by atoms with Crippen LogP contribution in [0.2, 0.25) is 0 Å². The maximum atomic E-state index is 12.2. The minimum Gasteiger partial charge on any atom is -0.479 e. The lowest BCUT2D eigenvalue weighted by atomic mass is 9.77. The van der Waals surface area contributed by atoms with Gasteiger partial charge in [-0.1, -0.05) is 98.8 Å². The minimum absolute atomic E-state index is 0.123. The average molecular weight is 437 g/mol. The molecule has 172 valence electrons. The van der Waals surface area contributed by atoms with Crippen LogP contribution in [-0.2, 0) is 21.2 Å². The first-order valence-corrected chi connectivity index (χ1v) is 12.7. The van der Waals surface area contributed by atoms with Gasteiger partial charge < -0.3 is 10.2 Å². The molecule has 1 unspecified atom stereocenters. The number of unbranched alkanes of at least 4 members (excludes halogenated alkanes) is 5. The van der Waals surface area contributed by atoms with E-state index in [9.17, 15) is 15.0 Å². The lowest BCUT2D eigenvalue weighted by molar-refractivity contribution is -0.160. The Morgan fingerprint density at radius 3 is 1.73 bits per heavy atom. The molecule has 3 nitrogen and oxygen atoms in total. The van der Waals surface area contributed by atoms with Gasteiger partial charge in [-0.3, -0.25) is 0 Å². The second-order valence-corrected chi connectivity index (χ2v) is 11.8. The van der Waals surface area contributed by atoms with Gasteiger partial charge in [-0.2, -0.15) is 11.8 Å². The van der Waals surface area contributed by atoms with Crippen molar-refractivity contribution in [3.8, 4) is 0 Å². The Morgan fingerprint density at radius 1 is 0.800 bits per heavy atom. The quantitative estimate of drug-likeness (QED) is 0.345. The molecule has 1 atom stereocenters. The van der Waals surface area contributed by atoms with Gasteiger partial charge in [-0.05, 0) is 45.4 Å². The summed E-state index contributed by atoms with van der Waals surface area (Å²) in [5.41, 5.74) is 0.528. The molecule has 0 saturated carbocycles. The molecule has 0 aliphatic carbocycles. The van der Waals surface area contributed by atoms with E-state index in [4.69, 9.17) is 0 Å². The summed E-state index contributed by atoms with van der Waals surface area (Å²) in [5.74, 6) is 0.507. The lowest BCUT2D eigenvalue weighted by Gasteiger charge is -2.30. The van der Waals surface area contributed by atoms with Crippen LogP contribution in [0.25, 0.3) is 0 Å². The van der Waals surface area contributed by atoms with Crippen molar-refractivity contribution in [1.82, 2.24) is 0 Å². The third kappa shape index (κ3) is 8.26. The van der Waals surface area contributed by atoms with Crippen molar-refractivity contribution in [2.45, 2.75) is 110 Å². The summed E-state index contributed by atoms with van der Waals surface area (Å²) < 4.78 is 0. The molecule has 4 heteroatoms. The zero-order valence-corrected chi connectivity index (χ0v) is 21.1. The van der Waals surface area contributed by atoms with Gasteiger partial charge in [0.05, 0.1) is 0 Å². The first-order chi connectivity index (χ1) is 13.8. The Morgan fingerprint density at radius 2 is 1.27 bits per heavy atom. The lowest BCUT2D eigenvalue weighted by Crippen LogP contribution is -2.37. The molecule has 0 radical (unpaired) electrons. The Bertz CT molecular complexity index is 638. The van der Waals surface area contributed by atoms with Crippen molar-refractivity contribution >= 4 is 17.7 Å². The molecule has 0 heterocycles. The van der Waals surface area contributed by atoms with Crippen molar-refractivity contribution in [3.05, 3.63) is 34.9 Å². The first-order valence-electron chi connectivity index (χ1n) is 11.5. The van der Waals surface area contributed by atoms with E-state index in [1.54, 1.807) is 11.8 Å². The number of aliphatic carboxylic acids is 1. The van der Waals surface area contributed by atoms with Crippen LogP contribution in [0, 0.1) is 0 Å². The van der Waals surface area contributed by atoms with Gasteiger partial charge in [-0.15, -0.1) is 0 Å². The molecule has 1 rings (SSSR count). The fourth-order valence-corrected chi connectivity index (χ4v) is 4.47. The fourth-order valence-electron chi connectivity index (χ4n) is 3.41. The van der Waals surface area contributed by atoms with E-state index >= 15 is 0 Å². The average Bonchev–Trinajstić information content (AvgIpc) is 2.64. The molecular weight excluding hydrogens is 392 g/mol. The van der Waals surface area contributed by atoms with Crippen LogP contribution in [0.15, 0.2) is 18.2 Å². The Balaban J connectivity index is 2.91. The highest BCUT2D eigenvalue weighted by atomic mass is 32.2. The number of hydrogen-bond acceptors (Lipinski definition) is 3. The molecule has 0 fully saturated rings. The zero-order chi connectivity index (χ0) is 23.0. The second-order valence-electron chi connectivity index (χ2n) is 10.6. The van der Waals surface area contributed by atoms with E-state index in [-0.39, 0.29) is 17.3 Å². The summed E-state index contributed by atoms with van der Waals surface area (Å²) in [5, 5.41) is 21.2. The SMILES string of the molecule is CCCCCCCCSCCC(O)(C(=O)O)c1cc(C(C)(C)C)cc(C(C)(C)C)c1. The van der Waals surface area contributed by atoms with Gasteiger partial charge in [0.15, 0.2) is 5.60 Å². The van der Waals surface area contributed by atoms with Gasteiger partial charge in [-0.25, -0.2) is 4.79 Å². The number of benzene rings is 1. The maximum absolute atomic E-state index is 12.2. The topological polar surface area (TPSA) is 57.5 Å². The van der Waals surface area contributed by atoms with E-state index in [2.05, 4.69) is 54.5 Å². The van der Waals surface area contributed by atoms with Gasteiger partial charge in [0.25, 0.3) is 0 Å². The Kier molecular flexibility index (Phi) is 10.4. The van der Waals surface area contributed by atoms with Crippen molar-refractivity contribution in [1.29, 1.82) is 0 Å². The standard InChI is InChI=1S/C26H44O3S/c1-8-9-10-11-12-13-15-30-16-14-26(29,23(27)28)22-18-20(24(2,3)4)17-21(19-22)25(5,6)7/h17-19,29H,8-16H2,1-7H3,(H,27,28). The molecule has 30 heavy (non-hydrogen) atoms. The summed E-state index contributed by atoms with van der Waals surface area (Å²) in [6, 6.07) is 5.93. The smallest absolute Gasteiger partial charge is 0.340 e. The molecule has 0 bridgehead atoms. The molecule has 0 saturated heterocycles. The molecular formula is C26H44O3S. The number of rotatable bonds is 12. The number of thioether (sulfide) groups is 1. The number of aliphatic hydroxyl groups is 1. The van der Waals surface area contributed by atoms with Crippen molar-refractivity contribution in [3.63, 3.8) is 0 Å². The number of carboxylic acid groups (broad SMARTS) is 1. The highest BCUT2D eigenvalue weighted by molar-refractivity contribution is 7.99. The summed E-state index contributed by atoms with van der Waals surface area (Å²) in [7, 11) is 0. The fraction of sp³-hybridized carbons (Fsp3) is 0.731. The molecule has 0 spiro atoms. The molecule has 1 aromatic carbocycles. The summed E-state index contributed by atoms with van der Waals surface area (Å²) >= 11 is 1.75. The third-order valence-corrected chi connectivity index (χ3v) is 6.82. The zero-order valence-electron chi connectivity index (χ0n) is 20.3. The summed E-state index contributed by atoms with van der Waals surface area (Å²) in [6.45, 7) is 14.9. The van der Waals surface area contributed by atoms with Gasteiger partial charge in [0.2, 0.25) is 0 Å². The molecule has 0 amide bonds. The monoisotopic (exact) mass is 436 g/mol. The van der Waals surface area contributed by atoms with Crippen molar-refractivity contribution in [2.75, 3.05) is 11.5 Å². The molecule has 2 N–H and O–H groups in total. The van der Waals surface area contributed by atoms with Crippen LogP contribution >= 0.6 is 11.8 Å². The van der Waals surface area contributed by atoms with E-state index in [1.807, 2.05) is 12.1 Å². The van der Waals surface area contributed by atoms with Crippen LogP contribution in [0.3, 0.4) is 0 Å². The summed E-state index contributed by atoms with van der Waals surface area (Å²) in [6.07, 6.45) is 7.77. The van der Waals surface area contributed by atoms with E-state index < -0.39 is 11.6 Å². The molecule has 0 aliphatic rings. The number of hydrogen-bond donors (Lipinski definition) is 2. The van der Waals surface area contributed by atoms with Crippen LogP contribution in [0.4, 0.5) is 0 Å². The molecule has 0 aliphatic heterocycles. The predicted molar refractivity (Wildman–Crippen MR) is 131 cm³/mol. The Hall–Kier alpha value is -1.00. The number of carbonyl (C=O) groups is 1. The van der Waals surface area contributed by atoms with E-state index in [0.717, 1.165) is 23.3 Å². The van der Waals surface area contributed by atoms with Crippen molar-refractivity contribution in [2.24, 2.45) is 0 Å². The maximum Gasteiger partial charge on any atom is 0.340 e.